The van der Waals surface area contributed by atoms with Crippen molar-refractivity contribution < 1.29 is 108 Å². The van der Waals surface area contributed by atoms with Crippen molar-refractivity contribution in [3.63, 3.8) is 0 Å². The fraction of sp³-hybridized carbons (Fsp3) is 0.500. The molecule has 0 radical (unpaired) electrons. The van der Waals surface area contributed by atoms with Gasteiger partial charge in [0.1, 0.15) is 16.3 Å². The molecule has 6 rings (SSSR count). The van der Waals surface area contributed by atoms with Crippen LogP contribution in [0.3, 0.4) is 0 Å². The van der Waals surface area contributed by atoms with E-state index in [0.29, 0.717) is 73.0 Å². The molecule has 0 spiro atoms. The summed E-state index contributed by atoms with van der Waals surface area (Å²) in [5.74, 6) is -1.71. The summed E-state index contributed by atoms with van der Waals surface area (Å²) in [6.45, 7) is 5.39. The first-order chi connectivity index (χ1) is 38.4. The molecule has 0 aliphatic carbocycles. The third-order valence-corrected chi connectivity index (χ3v) is 18.6. The normalized spacial score (nSPS) is 18.5. The highest BCUT2D eigenvalue weighted by atomic mass is 32.2. The highest BCUT2D eigenvalue weighted by Gasteiger charge is 2.50. The zero-order chi connectivity index (χ0) is 60.5. The molecule has 2 atom stereocenters. The van der Waals surface area contributed by atoms with Gasteiger partial charge in [0, 0.05) is 92.1 Å². The minimum absolute atomic E-state index is 0.0184. The molecule has 2 unspecified atom stereocenters. The maximum Gasteiger partial charge on any atom is 0.303 e. The SMILES string of the molecule is COCCOCCOCCC1(C)C(/C=C/C=C2/N(CCCCCC(=O)O)c3ccc4c(S(=O)(=O)O)cc(S(=O)(=O)O)cc4c3C2(C)CCOCCOCCOC)=[N+](CCCS(=O)(=O)O)c2ccc3c(S(=O)(=O)O)cc(S(=O)(=O)O)cc3c21. The van der Waals surface area contributed by atoms with Crippen LogP contribution >= 0.6 is 0 Å². The number of rotatable bonds is 34. The van der Waals surface area contributed by atoms with Crippen LogP contribution in [0, 0.1) is 0 Å². The monoisotopic (exact) mass is 1250 g/mol. The maximum absolute atomic E-state index is 13.0. The van der Waals surface area contributed by atoms with E-state index in [4.69, 9.17) is 28.4 Å². The molecule has 2 aliphatic rings. The van der Waals surface area contributed by atoms with E-state index in [9.17, 15) is 74.8 Å². The van der Waals surface area contributed by atoms with Crippen molar-refractivity contribution in [1.29, 1.82) is 0 Å². The summed E-state index contributed by atoms with van der Waals surface area (Å²) in [6, 6.07) is 9.22. The van der Waals surface area contributed by atoms with Crippen LogP contribution in [0.15, 0.2) is 92.0 Å². The lowest BCUT2D eigenvalue weighted by molar-refractivity contribution is -0.437. The highest BCUT2D eigenvalue weighted by molar-refractivity contribution is 7.87. The van der Waals surface area contributed by atoms with Crippen molar-refractivity contribution >= 4 is 95.2 Å². The molecule has 25 nitrogen and oxygen atoms in total. The smallest absolute Gasteiger partial charge is 0.303 e. The van der Waals surface area contributed by atoms with Gasteiger partial charge in [0.15, 0.2) is 5.71 Å². The largest absolute Gasteiger partial charge is 0.481 e. The Morgan fingerprint density at radius 1 is 0.573 bits per heavy atom. The number of carboxylic acid groups (broad SMARTS) is 1. The van der Waals surface area contributed by atoms with Gasteiger partial charge in [0.25, 0.3) is 50.6 Å². The molecule has 0 aromatic heterocycles. The van der Waals surface area contributed by atoms with E-state index in [0.717, 1.165) is 12.1 Å². The van der Waals surface area contributed by atoms with E-state index >= 15 is 0 Å². The number of anilines is 1. The fourth-order valence-electron chi connectivity index (χ4n) is 10.5. The van der Waals surface area contributed by atoms with Gasteiger partial charge in [-0.15, -0.1) is 0 Å². The molecule has 2 heterocycles. The van der Waals surface area contributed by atoms with E-state index in [1.165, 1.54) is 32.4 Å². The minimum atomic E-state index is -5.18. The first-order valence-electron chi connectivity index (χ1n) is 25.8. The lowest BCUT2D eigenvalue weighted by Crippen LogP contribution is -2.33. The van der Waals surface area contributed by atoms with E-state index in [1.807, 2.05) is 4.90 Å². The number of hydrogen-bond donors (Lipinski definition) is 6. The summed E-state index contributed by atoms with van der Waals surface area (Å²) < 4.78 is 214. The second-order valence-electron chi connectivity index (χ2n) is 19.9. The number of methoxy groups -OCH3 is 2. The molecule has 82 heavy (non-hydrogen) atoms. The van der Waals surface area contributed by atoms with Crippen molar-refractivity contribution in [3.05, 3.63) is 83.6 Å². The molecule has 6 N–H and O–H groups in total. The number of fused-ring (bicyclic) bond motifs is 6. The Labute approximate surface area is 477 Å². The van der Waals surface area contributed by atoms with E-state index in [1.54, 1.807) is 42.7 Å². The molecule has 0 fully saturated rings. The maximum atomic E-state index is 13.0. The van der Waals surface area contributed by atoms with E-state index < -0.39 is 92.7 Å². The van der Waals surface area contributed by atoms with Crippen LogP contribution in [0.1, 0.15) is 69.9 Å². The first kappa shape index (κ1) is 66.3. The molecule has 0 bridgehead atoms. The van der Waals surface area contributed by atoms with E-state index in [2.05, 4.69) is 0 Å². The lowest BCUT2D eigenvalue weighted by Gasteiger charge is -2.31. The predicted octanol–water partition coefficient (Wildman–Crippen LogP) is 5.62. The average Bonchev–Trinajstić information content (AvgIpc) is 1.67. The number of nitrogens with zero attached hydrogens (tertiary/aromatic N) is 2. The number of allylic oxidation sites excluding steroid dienone is 4. The number of carbonyl (C=O) groups is 1. The number of benzene rings is 4. The Balaban J connectivity index is 1.63. The van der Waals surface area contributed by atoms with E-state index in [-0.39, 0.29) is 119 Å². The summed E-state index contributed by atoms with van der Waals surface area (Å²) in [4.78, 5) is 10.1. The van der Waals surface area contributed by atoms with Gasteiger partial charge in [0.05, 0.1) is 73.8 Å². The Kier molecular flexibility index (Phi) is 22.2. The van der Waals surface area contributed by atoms with Crippen LogP contribution in [-0.4, -0.2) is 185 Å². The van der Waals surface area contributed by atoms with Crippen molar-refractivity contribution in [3.8, 4) is 0 Å². The van der Waals surface area contributed by atoms with Crippen LogP contribution in [-0.2, 0) is 94.6 Å². The van der Waals surface area contributed by atoms with Crippen molar-refractivity contribution in [2.24, 2.45) is 0 Å². The summed E-state index contributed by atoms with van der Waals surface area (Å²) in [5, 5.41) is 9.19. The van der Waals surface area contributed by atoms with Gasteiger partial charge < -0.3 is 38.4 Å². The summed E-state index contributed by atoms with van der Waals surface area (Å²) >= 11 is 0. The first-order valence-corrected chi connectivity index (χ1v) is 33.1. The van der Waals surface area contributed by atoms with Crippen LogP contribution in [0.25, 0.3) is 21.5 Å². The molecule has 0 saturated carbocycles. The van der Waals surface area contributed by atoms with Gasteiger partial charge >= 0.3 is 5.97 Å². The molecule has 2 aliphatic heterocycles. The molecule has 454 valence electrons. The van der Waals surface area contributed by atoms with Crippen LogP contribution in [0.5, 0.6) is 0 Å². The quantitative estimate of drug-likeness (QED) is 0.0188. The van der Waals surface area contributed by atoms with Crippen molar-refractivity contribution in [2.45, 2.75) is 89.2 Å². The average molecular weight is 1250 g/mol. The van der Waals surface area contributed by atoms with Gasteiger partial charge in [-0.3, -0.25) is 27.6 Å². The molecule has 0 saturated heterocycles. The lowest BCUT2D eigenvalue weighted by atomic mass is 9.74. The van der Waals surface area contributed by atoms with Crippen molar-refractivity contribution in [1.82, 2.24) is 0 Å². The standard InChI is InChI=1S/C52H68N2O23S5/c1-51(17-21-74-27-29-76-25-23-72-3)46(53(19-7-5-6-12-48(55)56)42-15-13-38-40(49(42)51)32-36(79(60,61)62)34-44(38)81(66,67)68)10-8-11-47-52(2,18-22-75-28-30-77-26-24-73-4)50-41-33-37(80(63,64)65)35-45(82(69,70)71)39(41)14-16-43(50)54(47)20-9-31-78(57,58)59/h8,10-11,13-16,32-35H,5-7,9,12,17-31H2,1-4H3,(H5-,55,56,57,58,59,60,61,62,63,64,65,66,67,68,69,70,71)/p+1. The molecule has 4 aromatic carbocycles. The topological polar surface area (TPSA) is 371 Å². The Bertz CT molecular complexity index is 3700. The summed E-state index contributed by atoms with van der Waals surface area (Å²) in [5.41, 5.74) is -0.335. The van der Waals surface area contributed by atoms with Crippen LogP contribution in [0.4, 0.5) is 11.4 Å². The van der Waals surface area contributed by atoms with Gasteiger partial charge in [-0.2, -0.15) is 46.7 Å². The molecular weight excluding hydrogens is 1180 g/mol. The zero-order valence-corrected chi connectivity index (χ0v) is 49.6. The fourth-order valence-corrected chi connectivity index (χ4v) is 13.7. The summed E-state index contributed by atoms with van der Waals surface area (Å²) in [6.07, 6.45) is 6.02. The molecule has 4 aromatic rings. The number of unbranched alkanes of at least 4 members (excludes halogenated alkanes) is 2. The van der Waals surface area contributed by atoms with Gasteiger partial charge in [-0.1, -0.05) is 18.6 Å². The number of hydrogen-bond acceptors (Lipinski definition) is 18. The third kappa shape index (κ3) is 16.1. The third-order valence-electron chi connectivity index (χ3n) is 14.3. The Morgan fingerprint density at radius 2 is 1.06 bits per heavy atom. The Hall–Kier alpha value is -4.87. The molecule has 30 heteroatoms. The van der Waals surface area contributed by atoms with Gasteiger partial charge in [-0.05, 0) is 98.3 Å². The van der Waals surface area contributed by atoms with Crippen LogP contribution < -0.4 is 4.90 Å². The Morgan fingerprint density at radius 3 is 1.55 bits per heavy atom. The number of carboxylic acids is 1. The molecule has 0 amide bonds. The van der Waals surface area contributed by atoms with Crippen molar-refractivity contribution in [2.75, 3.05) is 104 Å². The van der Waals surface area contributed by atoms with Gasteiger partial charge in [0.2, 0.25) is 5.69 Å². The summed E-state index contributed by atoms with van der Waals surface area (Å²) in [7, 11) is -22.1. The molecular formula is C52H69N2O23S5+. The predicted molar refractivity (Wildman–Crippen MR) is 300 cm³/mol. The number of ether oxygens (including phenoxy) is 6. The second-order valence-corrected chi connectivity index (χ2v) is 27.1. The minimum Gasteiger partial charge on any atom is -0.481 e. The second kappa shape index (κ2) is 27.4. The highest BCUT2D eigenvalue weighted by Crippen LogP contribution is 2.54. The number of aliphatic carboxylic acids is 1. The van der Waals surface area contributed by atoms with Crippen LogP contribution in [0.2, 0.25) is 0 Å². The zero-order valence-electron chi connectivity index (χ0n) is 45.6. The van der Waals surface area contributed by atoms with Gasteiger partial charge in [-0.25, -0.2) is 0 Å².